The van der Waals surface area contributed by atoms with Crippen LogP contribution >= 0.6 is 12.2 Å². The maximum absolute atomic E-state index is 11.9. The molecule has 0 saturated heterocycles. The zero-order chi connectivity index (χ0) is 12.0. The number of pyridine rings is 1. The van der Waals surface area contributed by atoms with Gasteiger partial charge in [0.25, 0.3) is 0 Å². The van der Waals surface area contributed by atoms with Crippen molar-refractivity contribution in [1.29, 1.82) is 0 Å². The molecule has 0 aliphatic heterocycles. The maximum atomic E-state index is 11.9. The molecule has 2 heterocycles. The zero-order valence-corrected chi connectivity index (χ0v) is 10.2. The van der Waals surface area contributed by atoms with Gasteiger partial charge in [0.2, 0.25) is 0 Å². The van der Waals surface area contributed by atoms with Gasteiger partial charge in [0, 0.05) is 24.0 Å². The molecular formula is C11H12N4OS. The topological polar surface area (TPSA) is 66.5 Å². The quantitative estimate of drug-likeness (QED) is 0.798. The molecule has 0 radical (unpaired) electrons. The molecule has 0 unspecified atom stereocenters. The highest BCUT2D eigenvalue weighted by atomic mass is 32.1. The van der Waals surface area contributed by atoms with Crippen LogP contribution in [0.5, 0.6) is 0 Å². The van der Waals surface area contributed by atoms with E-state index in [-0.39, 0.29) is 5.43 Å². The second-order valence-corrected chi connectivity index (χ2v) is 4.73. The minimum atomic E-state index is -0.0304. The van der Waals surface area contributed by atoms with Gasteiger partial charge in [-0.05, 0) is 32.0 Å². The van der Waals surface area contributed by atoms with E-state index in [1.807, 2.05) is 11.5 Å². The molecule has 3 rings (SSSR count). The predicted octanol–water partition coefficient (Wildman–Crippen LogP) is 1.94. The highest BCUT2D eigenvalue weighted by molar-refractivity contribution is 7.71. The van der Waals surface area contributed by atoms with E-state index in [2.05, 4.69) is 15.2 Å². The molecule has 17 heavy (non-hydrogen) atoms. The van der Waals surface area contributed by atoms with Crippen molar-refractivity contribution in [3.63, 3.8) is 0 Å². The molecule has 88 valence electrons. The van der Waals surface area contributed by atoms with Crippen molar-refractivity contribution >= 4 is 12.2 Å². The van der Waals surface area contributed by atoms with Gasteiger partial charge in [0.15, 0.2) is 16.0 Å². The van der Waals surface area contributed by atoms with Crippen molar-refractivity contribution in [2.24, 2.45) is 0 Å². The summed E-state index contributed by atoms with van der Waals surface area (Å²) < 4.78 is 2.53. The number of aromatic nitrogens is 4. The lowest BCUT2D eigenvalue weighted by Crippen LogP contribution is -2.09. The Labute approximate surface area is 103 Å². The molecule has 5 nitrogen and oxygen atoms in total. The Morgan fingerprint density at radius 3 is 2.94 bits per heavy atom. The van der Waals surface area contributed by atoms with Crippen LogP contribution in [0.25, 0.3) is 11.4 Å². The molecule has 0 atom stereocenters. The second-order valence-electron chi connectivity index (χ2n) is 4.35. The zero-order valence-electron chi connectivity index (χ0n) is 9.36. The van der Waals surface area contributed by atoms with Gasteiger partial charge in [-0.15, -0.1) is 0 Å². The molecule has 1 aliphatic carbocycles. The Bertz CT molecular complexity index is 677. The first-order chi connectivity index (χ1) is 8.16. The van der Waals surface area contributed by atoms with Gasteiger partial charge in [-0.1, -0.05) is 0 Å². The molecule has 0 spiro atoms. The van der Waals surface area contributed by atoms with Gasteiger partial charge >= 0.3 is 0 Å². The summed E-state index contributed by atoms with van der Waals surface area (Å²) >= 11 is 5.19. The molecule has 1 aliphatic rings. The Hall–Kier alpha value is -1.69. The van der Waals surface area contributed by atoms with Gasteiger partial charge in [0.1, 0.15) is 0 Å². The SMILES string of the molecule is Cc1cc(=O)c(-c2n[nH]c(=S)n2C2CC2)c[nH]1. The Kier molecular flexibility index (Phi) is 2.25. The number of hydrogen-bond donors (Lipinski definition) is 2. The third-order valence-electron chi connectivity index (χ3n) is 2.91. The maximum Gasteiger partial charge on any atom is 0.195 e. The normalized spacial score (nSPS) is 15.1. The lowest BCUT2D eigenvalue weighted by atomic mass is 10.2. The van der Waals surface area contributed by atoms with Crippen molar-refractivity contribution < 1.29 is 0 Å². The van der Waals surface area contributed by atoms with Crippen molar-refractivity contribution in [2.45, 2.75) is 25.8 Å². The number of H-pyrrole nitrogens is 2. The smallest absolute Gasteiger partial charge is 0.195 e. The van der Waals surface area contributed by atoms with Crippen LogP contribution in [-0.4, -0.2) is 19.7 Å². The Morgan fingerprint density at radius 2 is 2.29 bits per heavy atom. The van der Waals surface area contributed by atoms with E-state index in [1.165, 1.54) is 0 Å². The lowest BCUT2D eigenvalue weighted by molar-refractivity contribution is 0.734. The molecule has 2 aromatic rings. The van der Waals surface area contributed by atoms with Gasteiger partial charge in [-0.3, -0.25) is 14.5 Å². The lowest BCUT2D eigenvalue weighted by Gasteiger charge is -2.04. The van der Waals surface area contributed by atoms with Gasteiger partial charge in [-0.2, -0.15) is 5.10 Å². The van der Waals surface area contributed by atoms with E-state index in [1.54, 1.807) is 12.3 Å². The average Bonchev–Trinajstić information content (AvgIpc) is 3.03. The summed E-state index contributed by atoms with van der Waals surface area (Å²) in [6.07, 6.45) is 3.90. The predicted molar refractivity (Wildman–Crippen MR) is 66.5 cm³/mol. The number of aryl methyl sites for hydroxylation is 1. The molecule has 1 saturated carbocycles. The van der Waals surface area contributed by atoms with Crippen LogP contribution < -0.4 is 5.43 Å². The van der Waals surface area contributed by atoms with Crippen LogP contribution in [0.3, 0.4) is 0 Å². The van der Waals surface area contributed by atoms with Crippen molar-refractivity contribution in [3.05, 3.63) is 33.0 Å². The van der Waals surface area contributed by atoms with Crippen LogP contribution in [0.1, 0.15) is 24.6 Å². The minimum Gasteiger partial charge on any atom is -0.364 e. The van der Waals surface area contributed by atoms with Crippen molar-refractivity contribution in [3.8, 4) is 11.4 Å². The fraction of sp³-hybridized carbons (Fsp3) is 0.364. The Balaban J connectivity index is 2.21. The van der Waals surface area contributed by atoms with E-state index in [0.717, 1.165) is 18.5 Å². The van der Waals surface area contributed by atoms with Crippen molar-refractivity contribution in [1.82, 2.24) is 19.7 Å². The van der Waals surface area contributed by atoms with Crippen LogP contribution in [0.4, 0.5) is 0 Å². The van der Waals surface area contributed by atoms with Gasteiger partial charge in [-0.25, -0.2) is 0 Å². The molecular weight excluding hydrogens is 236 g/mol. The van der Waals surface area contributed by atoms with E-state index in [0.29, 0.717) is 22.2 Å². The summed E-state index contributed by atoms with van der Waals surface area (Å²) in [6.45, 7) is 1.85. The standard InChI is InChI=1S/C11H12N4OS/c1-6-4-9(16)8(5-12-6)10-13-14-11(17)15(10)7-2-3-7/h4-5,7H,2-3H2,1H3,(H,12,16)(H,14,17). The van der Waals surface area contributed by atoms with Gasteiger partial charge < -0.3 is 4.98 Å². The van der Waals surface area contributed by atoms with Crippen LogP contribution in [0, 0.1) is 11.7 Å². The fourth-order valence-corrected chi connectivity index (χ4v) is 2.20. The first-order valence-electron chi connectivity index (χ1n) is 5.53. The number of hydrogen-bond acceptors (Lipinski definition) is 3. The van der Waals surface area contributed by atoms with Crippen molar-refractivity contribution in [2.75, 3.05) is 0 Å². The Morgan fingerprint density at radius 1 is 1.53 bits per heavy atom. The monoisotopic (exact) mass is 248 g/mol. The number of rotatable bonds is 2. The fourth-order valence-electron chi connectivity index (χ4n) is 1.91. The van der Waals surface area contributed by atoms with Crippen LogP contribution in [-0.2, 0) is 0 Å². The highest BCUT2D eigenvalue weighted by Gasteiger charge is 2.28. The van der Waals surface area contributed by atoms with E-state index in [9.17, 15) is 4.79 Å². The van der Waals surface area contributed by atoms with E-state index in [4.69, 9.17) is 12.2 Å². The molecule has 6 heteroatoms. The average molecular weight is 248 g/mol. The molecule has 0 bridgehead atoms. The highest BCUT2D eigenvalue weighted by Crippen LogP contribution is 2.37. The number of aromatic amines is 2. The third kappa shape index (κ3) is 1.74. The number of nitrogens with zero attached hydrogens (tertiary/aromatic N) is 2. The molecule has 1 fully saturated rings. The molecule has 2 aromatic heterocycles. The minimum absolute atomic E-state index is 0.0304. The first-order valence-corrected chi connectivity index (χ1v) is 5.94. The summed E-state index contributed by atoms with van der Waals surface area (Å²) in [5, 5.41) is 6.93. The summed E-state index contributed by atoms with van der Waals surface area (Å²) in [4.78, 5) is 15.0. The third-order valence-corrected chi connectivity index (χ3v) is 3.20. The second kappa shape index (κ2) is 3.66. The molecule has 2 N–H and O–H groups in total. The molecule has 0 amide bonds. The van der Waals surface area contributed by atoms with Gasteiger partial charge in [0.05, 0.1) is 5.56 Å². The molecule has 0 aromatic carbocycles. The summed E-state index contributed by atoms with van der Waals surface area (Å²) in [6, 6.07) is 1.97. The largest absolute Gasteiger partial charge is 0.364 e. The van der Waals surface area contributed by atoms with Crippen LogP contribution in [0.15, 0.2) is 17.1 Å². The summed E-state index contributed by atoms with van der Waals surface area (Å²) in [5.74, 6) is 0.638. The summed E-state index contributed by atoms with van der Waals surface area (Å²) in [7, 11) is 0. The van der Waals surface area contributed by atoms with E-state index < -0.39 is 0 Å². The first kappa shape index (κ1) is 10.5. The number of nitrogens with one attached hydrogen (secondary N) is 2. The van der Waals surface area contributed by atoms with Crippen LogP contribution in [0.2, 0.25) is 0 Å². The summed E-state index contributed by atoms with van der Waals surface area (Å²) in [5.41, 5.74) is 1.37. The van der Waals surface area contributed by atoms with E-state index >= 15 is 0 Å².